The number of nitrogens with two attached hydrogens (primary N) is 1. The van der Waals surface area contributed by atoms with Crippen LogP contribution in [0.25, 0.3) is 11.3 Å². The summed E-state index contributed by atoms with van der Waals surface area (Å²) < 4.78 is 10.4. The van der Waals surface area contributed by atoms with Gasteiger partial charge in [-0.3, -0.25) is 0 Å². The number of aromatic amines is 1. The van der Waals surface area contributed by atoms with E-state index in [0.717, 1.165) is 17.0 Å². The number of hydrogen-bond acceptors (Lipinski definition) is 4. The summed E-state index contributed by atoms with van der Waals surface area (Å²) in [7, 11) is 1.65. The molecular weight excluding hydrogens is 218 g/mol. The molecule has 2 rings (SSSR count). The lowest BCUT2D eigenvalue weighted by Gasteiger charge is -2.05. The van der Waals surface area contributed by atoms with Gasteiger partial charge in [0.2, 0.25) is 0 Å². The van der Waals surface area contributed by atoms with Crippen LogP contribution in [0.1, 0.15) is 0 Å². The Hall–Kier alpha value is -2.01. The molecule has 17 heavy (non-hydrogen) atoms. The summed E-state index contributed by atoms with van der Waals surface area (Å²) in [6, 6.07) is 7.72. The van der Waals surface area contributed by atoms with Crippen LogP contribution in [-0.2, 0) is 4.74 Å². The summed E-state index contributed by atoms with van der Waals surface area (Å²) in [6.07, 6.45) is 1.70. The second kappa shape index (κ2) is 5.36. The molecule has 1 aromatic heterocycles. The number of nitrogens with zero attached hydrogens (tertiary/aromatic N) is 1. The Morgan fingerprint density at radius 3 is 2.59 bits per heavy atom. The summed E-state index contributed by atoms with van der Waals surface area (Å²) in [6.45, 7) is 1.13. The van der Waals surface area contributed by atoms with Crippen LogP contribution in [0.15, 0.2) is 30.5 Å². The Labute approximate surface area is 99.6 Å². The number of hydrogen-bond donors (Lipinski definition) is 2. The van der Waals surface area contributed by atoms with E-state index in [1.165, 1.54) is 0 Å². The van der Waals surface area contributed by atoms with Crippen molar-refractivity contribution in [2.45, 2.75) is 0 Å². The largest absolute Gasteiger partial charge is 0.491 e. The highest BCUT2D eigenvalue weighted by molar-refractivity contribution is 5.60. The summed E-state index contributed by atoms with van der Waals surface area (Å²) in [4.78, 5) is 6.92. The van der Waals surface area contributed by atoms with Crippen molar-refractivity contribution >= 4 is 5.95 Å². The van der Waals surface area contributed by atoms with Crippen LogP contribution in [0, 0.1) is 0 Å². The quantitative estimate of drug-likeness (QED) is 0.771. The van der Waals surface area contributed by atoms with Gasteiger partial charge < -0.3 is 20.2 Å². The molecule has 0 fully saturated rings. The predicted molar refractivity (Wildman–Crippen MR) is 65.8 cm³/mol. The second-order valence-electron chi connectivity index (χ2n) is 3.55. The highest BCUT2D eigenvalue weighted by Crippen LogP contribution is 2.21. The SMILES string of the molecule is COCCOc1ccc(-c2cnc(N)[nH]2)cc1. The molecule has 1 heterocycles. The smallest absolute Gasteiger partial charge is 0.197 e. The van der Waals surface area contributed by atoms with Gasteiger partial charge in [0.25, 0.3) is 0 Å². The number of imidazole rings is 1. The Morgan fingerprint density at radius 1 is 1.24 bits per heavy atom. The summed E-state index contributed by atoms with van der Waals surface area (Å²) >= 11 is 0. The van der Waals surface area contributed by atoms with E-state index >= 15 is 0 Å². The maximum absolute atomic E-state index is 5.52. The maximum atomic E-state index is 5.52. The zero-order valence-electron chi connectivity index (χ0n) is 9.64. The van der Waals surface area contributed by atoms with Crippen molar-refractivity contribution in [1.29, 1.82) is 0 Å². The van der Waals surface area contributed by atoms with Crippen molar-refractivity contribution in [3.05, 3.63) is 30.5 Å². The van der Waals surface area contributed by atoms with Gasteiger partial charge in [0.05, 0.1) is 18.5 Å². The number of nitrogen functional groups attached to an aromatic ring is 1. The van der Waals surface area contributed by atoms with E-state index in [2.05, 4.69) is 9.97 Å². The molecule has 5 nitrogen and oxygen atoms in total. The molecule has 0 saturated carbocycles. The van der Waals surface area contributed by atoms with Crippen LogP contribution in [-0.4, -0.2) is 30.3 Å². The molecule has 0 bridgehead atoms. The lowest BCUT2D eigenvalue weighted by molar-refractivity contribution is 0.146. The van der Waals surface area contributed by atoms with Crippen LogP contribution < -0.4 is 10.5 Å². The molecule has 2 aromatic rings. The van der Waals surface area contributed by atoms with Crippen molar-refractivity contribution in [1.82, 2.24) is 9.97 Å². The lowest BCUT2D eigenvalue weighted by Crippen LogP contribution is -2.03. The van der Waals surface area contributed by atoms with Crippen molar-refractivity contribution in [3.8, 4) is 17.0 Å². The van der Waals surface area contributed by atoms with E-state index in [1.54, 1.807) is 13.3 Å². The van der Waals surface area contributed by atoms with Gasteiger partial charge >= 0.3 is 0 Å². The highest BCUT2D eigenvalue weighted by Gasteiger charge is 2.01. The van der Waals surface area contributed by atoms with Gasteiger partial charge in [0, 0.05) is 7.11 Å². The first-order chi connectivity index (χ1) is 8.29. The molecule has 0 spiro atoms. The molecule has 0 radical (unpaired) electrons. The topological polar surface area (TPSA) is 73.2 Å². The number of aromatic nitrogens is 2. The van der Waals surface area contributed by atoms with E-state index in [1.807, 2.05) is 24.3 Å². The normalized spacial score (nSPS) is 10.4. The van der Waals surface area contributed by atoms with Gasteiger partial charge in [-0.25, -0.2) is 4.98 Å². The number of H-pyrrole nitrogens is 1. The summed E-state index contributed by atoms with van der Waals surface area (Å²) in [5.41, 5.74) is 7.44. The molecule has 1 aromatic carbocycles. The fourth-order valence-corrected chi connectivity index (χ4v) is 1.46. The predicted octanol–water partition coefficient (Wildman–Crippen LogP) is 1.68. The van der Waals surface area contributed by atoms with Crippen molar-refractivity contribution in [2.24, 2.45) is 0 Å². The number of benzene rings is 1. The number of ether oxygens (including phenoxy) is 2. The highest BCUT2D eigenvalue weighted by atomic mass is 16.5. The fraction of sp³-hybridized carbons (Fsp3) is 0.250. The van der Waals surface area contributed by atoms with Gasteiger partial charge in [-0.15, -0.1) is 0 Å². The van der Waals surface area contributed by atoms with Gasteiger partial charge in [-0.2, -0.15) is 0 Å². The number of methoxy groups -OCH3 is 1. The van der Waals surface area contributed by atoms with E-state index in [4.69, 9.17) is 15.2 Å². The number of anilines is 1. The minimum absolute atomic E-state index is 0.417. The van der Waals surface area contributed by atoms with Crippen molar-refractivity contribution in [3.63, 3.8) is 0 Å². The lowest BCUT2D eigenvalue weighted by atomic mass is 10.2. The fourth-order valence-electron chi connectivity index (χ4n) is 1.46. The molecule has 0 atom stereocenters. The van der Waals surface area contributed by atoms with E-state index < -0.39 is 0 Å². The number of rotatable bonds is 5. The van der Waals surface area contributed by atoms with E-state index in [9.17, 15) is 0 Å². The standard InChI is InChI=1S/C12H15N3O2/c1-16-6-7-17-10-4-2-9(3-5-10)11-8-14-12(13)15-11/h2-5,8H,6-7H2,1H3,(H3,13,14,15). The molecule has 5 heteroatoms. The third-order valence-corrected chi connectivity index (χ3v) is 2.32. The zero-order chi connectivity index (χ0) is 12.1. The first-order valence-corrected chi connectivity index (χ1v) is 5.32. The van der Waals surface area contributed by atoms with Gasteiger partial charge in [-0.1, -0.05) is 0 Å². The third-order valence-electron chi connectivity index (χ3n) is 2.32. The molecule has 0 aliphatic carbocycles. The van der Waals surface area contributed by atoms with Crippen LogP contribution in [0.2, 0.25) is 0 Å². The molecule has 90 valence electrons. The molecule has 3 N–H and O–H groups in total. The van der Waals surface area contributed by atoms with Crippen LogP contribution in [0.5, 0.6) is 5.75 Å². The first-order valence-electron chi connectivity index (χ1n) is 5.32. The molecule has 0 aliphatic heterocycles. The van der Waals surface area contributed by atoms with Crippen molar-refractivity contribution < 1.29 is 9.47 Å². The van der Waals surface area contributed by atoms with Gasteiger partial charge in [-0.05, 0) is 29.8 Å². The Balaban J connectivity index is 2.02. The Kier molecular flexibility index (Phi) is 3.62. The molecule has 0 unspecified atom stereocenters. The van der Waals surface area contributed by atoms with Crippen LogP contribution >= 0.6 is 0 Å². The summed E-state index contributed by atoms with van der Waals surface area (Å²) in [5, 5.41) is 0. The molecular formula is C12H15N3O2. The van der Waals surface area contributed by atoms with Crippen LogP contribution in [0.4, 0.5) is 5.95 Å². The van der Waals surface area contributed by atoms with Gasteiger partial charge in [0.15, 0.2) is 5.95 Å². The first kappa shape index (κ1) is 11.5. The Morgan fingerprint density at radius 2 is 2.00 bits per heavy atom. The van der Waals surface area contributed by atoms with Crippen molar-refractivity contribution in [2.75, 3.05) is 26.1 Å². The average molecular weight is 233 g/mol. The molecule has 0 aliphatic rings. The minimum Gasteiger partial charge on any atom is -0.491 e. The van der Waals surface area contributed by atoms with Gasteiger partial charge in [0.1, 0.15) is 12.4 Å². The minimum atomic E-state index is 0.417. The van der Waals surface area contributed by atoms with Crippen LogP contribution in [0.3, 0.4) is 0 Å². The average Bonchev–Trinajstić information content (AvgIpc) is 2.77. The second-order valence-corrected chi connectivity index (χ2v) is 3.55. The maximum Gasteiger partial charge on any atom is 0.197 e. The van der Waals surface area contributed by atoms with E-state index in [0.29, 0.717) is 19.2 Å². The Bertz CT molecular complexity index is 465. The number of nitrogens with one attached hydrogen (secondary N) is 1. The molecule has 0 amide bonds. The third kappa shape index (κ3) is 2.98. The summed E-state index contributed by atoms with van der Waals surface area (Å²) in [5.74, 6) is 1.23. The zero-order valence-corrected chi connectivity index (χ0v) is 9.64. The molecule has 0 saturated heterocycles. The van der Waals surface area contributed by atoms with E-state index in [-0.39, 0.29) is 0 Å². The monoisotopic (exact) mass is 233 g/mol.